The molecule has 21 heavy (non-hydrogen) atoms. The summed E-state index contributed by atoms with van der Waals surface area (Å²) >= 11 is 0. The van der Waals surface area contributed by atoms with E-state index in [-0.39, 0.29) is 11.8 Å². The Morgan fingerprint density at radius 3 is 2.76 bits per heavy atom. The predicted molar refractivity (Wildman–Crippen MR) is 87.4 cm³/mol. The second-order valence-corrected chi connectivity index (χ2v) is 6.06. The first-order valence-corrected chi connectivity index (χ1v) is 8.29. The molecule has 2 unspecified atom stereocenters. The van der Waals surface area contributed by atoms with Gasteiger partial charge in [0, 0.05) is 19.1 Å². The average molecular weight is 288 g/mol. The van der Waals surface area contributed by atoms with Crippen LogP contribution in [0, 0.1) is 0 Å². The number of nitrogens with one attached hydrogen (secondary N) is 1. The van der Waals surface area contributed by atoms with Gasteiger partial charge in [-0.1, -0.05) is 43.7 Å². The first kappa shape index (κ1) is 16.0. The minimum atomic E-state index is -0.0514. The Balaban J connectivity index is 2.01. The summed E-state index contributed by atoms with van der Waals surface area (Å²) in [6.45, 7) is 7.03. The van der Waals surface area contributed by atoms with Crippen molar-refractivity contribution in [1.82, 2.24) is 10.2 Å². The number of rotatable bonds is 7. The summed E-state index contributed by atoms with van der Waals surface area (Å²) in [6, 6.07) is 10.6. The van der Waals surface area contributed by atoms with Crippen LogP contribution in [0.1, 0.15) is 51.0 Å². The summed E-state index contributed by atoms with van der Waals surface area (Å²) in [5.41, 5.74) is 1.11. The van der Waals surface area contributed by atoms with E-state index in [0.29, 0.717) is 6.04 Å². The molecule has 2 atom stereocenters. The fraction of sp³-hybridized carbons (Fsp3) is 0.611. The van der Waals surface area contributed by atoms with Crippen LogP contribution >= 0.6 is 0 Å². The third kappa shape index (κ3) is 4.57. The summed E-state index contributed by atoms with van der Waals surface area (Å²) in [6.07, 6.45) is 4.63. The van der Waals surface area contributed by atoms with Crippen molar-refractivity contribution in [2.24, 2.45) is 0 Å². The Morgan fingerprint density at radius 2 is 2.14 bits per heavy atom. The van der Waals surface area contributed by atoms with Crippen molar-refractivity contribution in [3.05, 3.63) is 35.9 Å². The molecule has 0 aromatic heterocycles. The molecular weight excluding hydrogens is 260 g/mol. The maximum atomic E-state index is 12.8. The Morgan fingerprint density at radius 1 is 1.38 bits per heavy atom. The van der Waals surface area contributed by atoms with Gasteiger partial charge in [-0.05, 0) is 38.3 Å². The van der Waals surface area contributed by atoms with Gasteiger partial charge in [0.1, 0.15) is 0 Å². The Kier molecular flexibility index (Phi) is 6.24. The minimum Gasteiger partial charge on any atom is -0.341 e. The molecular formula is C18H28N2O. The fourth-order valence-corrected chi connectivity index (χ4v) is 2.98. The van der Waals surface area contributed by atoms with Gasteiger partial charge in [0.25, 0.3) is 0 Å². The Hall–Kier alpha value is -1.35. The summed E-state index contributed by atoms with van der Waals surface area (Å²) in [5.74, 6) is 0.216. The Bertz CT molecular complexity index is 426. The molecule has 1 heterocycles. The van der Waals surface area contributed by atoms with Crippen LogP contribution in [-0.4, -0.2) is 36.5 Å². The van der Waals surface area contributed by atoms with E-state index in [1.165, 1.54) is 12.8 Å². The first-order chi connectivity index (χ1) is 10.2. The molecule has 1 saturated heterocycles. The lowest BCUT2D eigenvalue weighted by molar-refractivity contribution is -0.132. The van der Waals surface area contributed by atoms with Crippen LogP contribution in [0.15, 0.2) is 30.3 Å². The van der Waals surface area contributed by atoms with E-state index in [0.717, 1.165) is 38.0 Å². The van der Waals surface area contributed by atoms with Crippen LogP contribution in [0.5, 0.6) is 0 Å². The highest BCUT2D eigenvalue weighted by molar-refractivity contribution is 5.83. The number of carbonyl (C=O) groups is 1. The van der Waals surface area contributed by atoms with Crippen LogP contribution in [0.25, 0.3) is 0 Å². The van der Waals surface area contributed by atoms with Gasteiger partial charge in [0.2, 0.25) is 5.91 Å². The highest BCUT2D eigenvalue weighted by Crippen LogP contribution is 2.19. The van der Waals surface area contributed by atoms with Crippen LogP contribution in [0.3, 0.4) is 0 Å². The van der Waals surface area contributed by atoms with Gasteiger partial charge in [0.05, 0.1) is 5.92 Å². The SMILES string of the molecule is CCCCN(CC1CCCN1)C(=O)C(C)c1ccccc1. The molecule has 3 heteroatoms. The number of unbranched alkanes of at least 4 members (excludes halogenated alkanes) is 1. The molecule has 3 nitrogen and oxygen atoms in total. The summed E-state index contributed by atoms with van der Waals surface area (Å²) in [7, 11) is 0. The summed E-state index contributed by atoms with van der Waals surface area (Å²) in [4.78, 5) is 14.9. The van der Waals surface area contributed by atoms with Crippen molar-refractivity contribution in [3.8, 4) is 0 Å². The van der Waals surface area contributed by atoms with Crippen molar-refractivity contribution < 1.29 is 4.79 Å². The molecule has 116 valence electrons. The van der Waals surface area contributed by atoms with Crippen molar-refractivity contribution >= 4 is 5.91 Å². The summed E-state index contributed by atoms with van der Waals surface area (Å²) in [5, 5.41) is 3.50. The van der Waals surface area contributed by atoms with E-state index in [2.05, 4.69) is 17.1 Å². The van der Waals surface area contributed by atoms with Gasteiger partial charge in [-0.3, -0.25) is 4.79 Å². The van der Waals surface area contributed by atoms with Crippen LogP contribution < -0.4 is 5.32 Å². The molecule has 0 bridgehead atoms. The normalized spacial score (nSPS) is 19.4. The van der Waals surface area contributed by atoms with Crippen molar-refractivity contribution in [3.63, 3.8) is 0 Å². The highest BCUT2D eigenvalue weighted by atomic mass is 16.2. The molecule has 1 aliphatic rings. The maximum absolute atomic E-state index is 12.8. The van der Waals surface area contributed by atoms with Gasteiger partial charge >= 0.3 is 0 Å². The number of nitrogens with zero attached hydrogens (tertiary/aromatic N) is 1. The summed E-state index contributed by atoms with van der Waals surface area (Å²) < 4.78 is 0. The van der Waals surface area contributed by atoms with E-state index in [1.807, 2.05) is 37.3 Å². The molecule has 0 aliphatic carbocycles. The van der Waals surface area contributed by atoms with E-state index in [9.17, 15) is 4.79 Å². The van der Waals surface area contributed by atoms with Crippen LogP contribution in [-0.2, 0) is 4.79 Å². The van der Waals surface area contributed by atoms with Gasteiger partial charge in [0.15, 0.2) is 0 Å². The Labute approximate surface area is 128 Å². The fourth-order valence-electron chi connectivity index (χ4n) is 2.98. The molecule has 1 fully saturated rings. The highest BCUT2D eigenvalue weighted by Gasteiger charge is 2.25. The molecule has 0 radical (unpaired) electrons. The number of hydrogen-bond donors (Lipinski definition) is 1. The van der Waals surface area contributed by atoms with Gasteiger partial charge in [-0.2, -0.15) is 0 Å². The van der Waals surface area contributed by atoms with E-state index in [4.69, 9.17) is 0 Å². The van der Waals surface area contributed by atoms with Gasteiger partial charge in [-0.15, -0.1) is 0 Å². The lowest BCUT2D eigenvalue weighted by Gasteiger charge is -2.28. The van der Waals surface area contributed by atoms with E-state index < -0.39 is 0 Å². The van der Waals surface area contributed by atoms with Gasteiger partial charge in [-0.25, -0.2) is 0 Å². The monoisotopic (exact) mass is 288 g/mol. The minimum absolute atomic E-state index is 0.0514. The molecule has 1 aliphatic heterocycles. The van der Waals surface area contributed by atoms with E-state index in [1.54, 1.807) is 0 Å². The lowest BCUT2D eigenvalue weighted by Crippen LogP contribution is -2.43. The van der Waals surface area contributed by atoms with Crippen LogP contribution in [0.2, 0.25) is 0 Å². The molecule has 1 aromatic carbocycles. The zero-order valence-electron chi connectivity index (χ0n) is 13.3. The first-order valence-electron chi connectivity index (χ1n) is 8.29. The zero-order chi connectivity index (χ0) is 15.1. The smallest absolute Gasteiger partial charge is 0.229 e. The molecule has 1 aromatic rings. The largest absolute Gasteiger partial charge is 0.341 e. The molecule has 0 spiro atoms. The molecule has 2 rings (SSSR count). The number of amides is 1. The third-order valence-electron chi connectivity index (χ3n) is 4.37. The molecule has 1 N–H and O–H groups in total. The van der Waals surface area contributed by atoms with Crippen molar-refractivity contribution in [1.29, 1.82) is 0 Å². The van der Waals surface area contributed by atoms with E-state index >= 15 is 0 Å². The average Bonchev–Trinajstić information content (AvgIpc) is 3.04. The second-order valence-electron chi connectivity index (χ2n) is 6.06. The third-order valence-corrected chi connectivity index (χ3v) is 4.37. The maximum Gasteiger partial charge on any atom is 0.229 e. The number of carbonyl (C=O) groups excluding carboxylic acids is 1. The second kappa shape index (κ2) is 8.18. The standard InChI is InChI=1S/C18H28N2O/c1-3-4-13-20(14-17-11-8-12-19-17)18(21)15(2)16-9-6-5-7-10-16/h5-7,9-10,15,17,19H,3-4,8,11-14H2,1-2H3. The van der Waals surface area contributed by atoms with Crippen LogP contribution in [0.4, 0.5) is 0 Å². The topological polar surface area (TPSA) is 32.3 Å². The van der Waals surface area contributed by atoms with Crippen molar-refractivity contribution in [2.75, 3.05) is 19.6 Å². The number of hydrogen-bond acceptors (Lipinski definition) is 2. The lowest BCUT2D eigenvalue weighted by atomic mass is 9.99. The zero-order valence-corrected chi connectivity index (χ0v) is 13.3. The molecule has 1 amide bonds. The van der Waals surface area contributed by atoms with Gasteiger partial charge < -0.3 is 10.2 Å². The number of benzene rings is 1. The predicted octanol–water partition coefficient (Wildman–Crippen LogP) is 3.17. The van der Waals surface area contributed by atoms with Crippen molar-refractivity contribution in [2.45, 2.75) is 51.5 Å². The quantitative estimate of drug-likeness (QED) is 0.836. The molecule has 0 saturated carbocycles.